The molecule has 10 heteroatoms. The van der Waals surface area contributed by atoms with Crippen molar-refractivity contribution in [3.63, 3.8) is 0 Å². The maximum absolute atomic E-state index is 12.9. The second-order valence-corrected chi connectivity index (χ2v) is 12.5. The maximum Gasteiger partial charge on any atom is 0.251 e. The van der Waals surface area contributed by atoms with Crippen molar-refractivity contribution in [1.82, 2.24) is 20.2 Å². The first-order chi connectivity index (χ1) is 19.9. The first kappa shape index (κ1) is 27.5. The highest BCUT2D eigenvalue weighted by Crippen LogP contribution is 2.31. The number of hydrogen-bond acceptors (Lipinski definition) is 8. The Morgan fingerprint density at radius 2 is 2.02 bits per heavy atom. The Balaban J connectivity index is 1.21. The summed E-state index contributed by atoms with van der Waals surface area (Å²) in [5.74, 6) is -0.468. The molecule has 0 saturated heterocycles. The second kappa shape index (κ2) is 11.7. The number of aromatic nitrogens is 2. The number of nitrogens with zero attached hydrogens (tertiary/aromatic N) is 3. The van der Waals surface area contributed by atoms with Crippen molar-refractivity contribution in [3.8, 4) is 11.3 Å². The highest BCUT2D eigenvalue weighted by atomic mass is 32.2. The number of carbonyl (C=O) groups is 1. The van der Waals surface area contributed by atoms with E-state index >= 15 is 0 Å². The molecule has 2 aromatic carbocycles. The van der Waals surface area contributed by atoms with E-state index in [1.165, 1.54) is 17.2 Å². The van der Waals surface area contributed by atoms with Gasteiger partial charge in [-0.05, 0) is 53.4 Å². The lowest BCUT2D eigenvalue weighted by Gasteiger charge is -2.30. The molecule has 0 unspecified atom stereocenters. The molecule has 0 saturated carbocycles. The zero-order valence-corrected chi connectivity index (χ0v) is 23.7. The Morgan fingerprint density at radius 3 is 2.90 bits per heavy atom. The van der Waals surface area contributed by atoms with E-state index in [-0.39, 0.29) is 41.9 Å². The van der Waals surface area contributed by atoms with Crippen LogP contribution in [0.4, 0.5) is 0 Å². The van der Waals surface area contributed by atoms with E-state index in [1.54, 1.807) is 25.4 Å². The van der Waals surface area contributed by atoms with Gasteiger partial charge in [0.05, 0.1) is 53.9 Å². The van der Waals surface area contributed by atoms with E-state index in [0.717, 1.165) is 48.2 Å². The second-order valence-electron chi connectivity index (χ2n) is 10.4. The van der Waals surface area contributed by atoms with Crippen molar-refractivity contribution in [2.45, 2.75) is 31.0 Å². The third-order valence-electron chi connectivity index (χ3n) is 7.72. The van der Waals surface area contributed by atoms with Gasteiger partial charge in [-0.15, -0.1) is 0 Å². The van der Waals surface area contributed by atoms with Gasteiger partial charge in [0.25, 0.3) is 5.91 Å². The third-order valence-corrected chi connectivity index (χ3v) is 9.47. The first-order valence-corrected chi connectivity index (χ1v) is 15.4. The molecule has 2 aliphatic heterocycles. The fourth-order valence-corrected chi connectivity index (χ4v) is 6.82. The average Bonchev–Trinajstić information content (AvgIpc) is 3.15. The summed E-state index contributed by atoms with van der Waals surface area (Å²) < 4.78 is 35.9. The van der Waals surface area contributed by atoms with Crippen LogP contribution in [0, 0.1) is 0 Å². The normalized spacial score (nSPS) is 16.5. The van der Waals surface area contributed by atoms with Crippen molar-refractivity contribution in [2.75, 3.05) is 39.2 Å². The molecule has 2 aliphatic rings. The number of fused-ring (bicyclic) bond motifs is 3. The molecule has 6 rings (SSSR count). The molecule has 0 atom stereocenters. The number of methoxy groups -OCH3 is 1. The molecular weight excluding hydrogens is 540 g/mol. The molecule has 212 valence electrons. The van der Waals surface area contributed by atoms with E-state index in [2.05, 4.69) is 33.4 Å². The number of ether oxygens (including phenoxy) is 2. The molecule has 4 aromatic rings. The van der Waals surface area contributed by atoms with Gasteiger partial charge in [-0.25, -0.2) is 13.4 Å². The van der Waals surface area contributed by atoms with Gasteiger partial charge in [0.1, 0.15) is 0 Å². The first-order valence-electron chi connectivity index (χ1n) is 13.7. The lowest BCUT2D eigenvalue weighted by Crippen LogP contribution is -2.33. The lowest BCUT2D eigenvalue weighted by atomic mass is 9.93. The van der Waals surface area contributed by atoms with E-state index in [0.29, 0.717) is 17.9 Å². The smallest absolute Gasteiger partial charge is 0.251 e. The quantitative estimate of drug-likeness (QED) is 0.358. The summed E-state index contributed by atoms with van der Waals surface area (Å²) in [6.45, 7) is 4.01. The SMILES string of the molecule is COCCN1CCc2cccc(-c3ccc4cnc(CNC(=O)c5ccc6c(c5)S(=O)(=O)CCOC6)cc4n3)c2C1. The van der Waals surface area contributed by atoms with E-state index in [4.69, 9.17) is 14.5 Å². The number of benzene rings is 2. The van der Waals surface area contributed by atoms with Crippen LogP contribution >= 0.6 is 0 Å². The van der Waals surface area contributed by atoms with Gasteiger partial charge in [0, 0.05) is 49.5 Å². The van der Waals surface area contributed by atoms with E-state index in [9.17, 15) is 13.2 Å². The summed E-state index contributed by atoms with van der Waals surface area (Å²) in [4.78, 5) is 25.0. The minimum absolute atomic E-state index is 0.0983. The van der Waals surface area contributed by atoms with Gasteiger partial charge in [-0.1, -0.05) is 24.3 Å². The van der Waals surface area contributed by atoms with Crippen molar-refractivity contribution < 1.29 is 22.7 Å². The van der Waals surface area contributed by atoms with Crippen LogP contribution in [-0.2, 0) is 45.4 Å². The largest absolute Gasteiger partial charge is 0.383 e. The number of carbonyl (C=O) groups excluding carboxylic acids is 1. The average molecular weight is 573 g/mol. The Bertz CT molecular complexity index is 1720. The predicted octanol–water partition coefficient (Wildman–Crippen LogP) is 3.54. The van der Waals surface area contributed by atoms with Crippen LogP contribution < -0.4 is 5.32 Å². The monoisotopic (exact) mass is 572 g/mol. The van der Waals surface area contributed by atoms with Crippen molar-refractivity contribution >= 4 is 26.6 Å². The number of pyridine rings is 2. The summed E-state index contributed by atoms with van der Waals surface area (Å²) in [6.07, 6.45) is 2.76. The molecule has 1 amide bonds. The van der Waals surface area contributed by atoms with Crippen LogP contribution in [0.5, 0.6) is 0 Å². The molecule has 4 heterocycles. The van der Waals surface area contributed by atoms with Crippen LogP contribution in [-0.4, -0.2) is 68.4 Å². The third kappa shape index (κ3) is 5.87. The minimum Gasteiger partial charge on any atom is -0.383 e. The van der Waals surface area contributed by atoms with Crippen LogP contribution in [0.25, 0.3) is 22.2 Å². The highest BCUT2D eigenvalue weighted by molar-refractivity contribution is 7.91. The predicted molar refractivity (Wildman–Crippen MR) is 155 cm³/mol. The van der Waals surface area contributed by atoms with Crippen molar-refractivity contribution in [1.29, 1.82) is 0 Å². The molecule has 2 aromatic heterocycles. The van der Waals surface area contributed by atoms with Crippen LogP contribution in [0.15, 0.2) is 65.7 Å². The molecule has 1 N–H and O–H groups in total. The Kier molecular flexibility index (Phi) is 7.81. The standard InChI is InChI=1S/C31H32N4O5S/c1-39-12-11-35-10-9-21-3-2-4-26(27(21)19-35)28-8-7-23-17-32-25(16-29(23)34-28)18-33-31(36)22-5-6-24-20-40-13-14-41(37,38)30(24)15-22/h2-8,15-17H,9-14,18-20H2,1H3,(H,33,36). The van der Waals surface area contributed by atoms with Crippen molar-refractivity contribution in [2.24, 2.45) is 0 Å². The van der Waals surface area contributed by atoms with Crippen LogP contribution in [0.1, 0.15) is 32.7 Å². The topological polar surface area (TPSA) is 111 Å². The Labute approximate surface area is 239 Å². The molecule has 0 fully saturated rings. The highest BCUT2D eigenvalue weighted by Gasteiger charge is 2.24. The summed E-state index contributed by atoms with van der Waals surface area (Å²) in [7, 11) is -1.77. The summed E-state index contributed by atoms with van der Waals surface area (Å²) in [5.41, 5.74) is 6.99. The number of nitrogens with one attached hydrogen (secondary N) is 1. The Hall–Kier alpha value is -3.70. The van der Waals surface area contributed by atoms with Gasteiger partial charge in [0.15, 0.2) is 9.84 Å². The molecule has 0 aliphatic carbocycles. The molecule has 0 radical (unpaired) electrons. The fourth-order valence-electron chi connectivity index (χ4n) is 5.43. The minimum atomic E-state index is -3.50. The number of sulfone groups is 1. The number of amides is 1. The van der Waals surface area contributed by atoms with Gasteiger partial charge < -0.3 is 14.8 Å². The number of rotatable bonds is 7. The van der Waals surface area contributed by atoms with Gasteiger partial charge in [0.2, 0.25) is 0 Å². The van der Waals surface area contributed by atoms with Gasteiger partial charge in [-0.2, -0.15) is 0 Å². The Morgan fingerprint density at radius 1 is 1.12 bits per heavy atom. The van der Waals surface area contributed by atoms with Crippen molar-refractivity contribution in [3.05, 3.63) is 88.7 Å². The lowest BCUT2D eigenvalue weighted by molar-refractivity contribution is 0.0950. The van der Waals surface area contributed by atoms with Gasteiger partial charge in [-0.3, -0.25) is 14.7 Å². The molecular formula is C31H32N4O5S. The summed E-state index contributed by atoms with van der Waals surface area (Å²) in [6, 6.07) is 17.1. The number of hydrogen-bond donors (Lipinski definition) is 1. The summed E-state index contributed by atoms with van der Waals surface area (Å²) >= 11 is 0. The molecule has 0 spiro atoms. The van der Waals surface area contributed by atoms with E-state index in [1.807, 2.05) is 18.2 Å². The van der Waals surface area contributed by atoms with Crippen LogP contribution in [0.2, 0.25) is 0 Å². The molecule has 9 nitrogen and oxygen atoms in total. The molecule has 41 heavy (non-hydrogen) atoms. The zero-order chi connectivity index (χ0) is 28.4. The van der Waals surface area contributed by atoms with Gasteiger partial charge >= 0.3 is 0 Å². The summed E-state index contributed by atoms with van der Waals surface area (Å²) in [5, 5.41) is 3.78. The van der Waals surface area contributed by atoms with Crippen LogP contribution in [0.3, 0.4) is 0 Å². The zero-order valence-electron chi connectivity index (χ0n) is 22.9. The maximum atomic E-state index is 12.9. The molecule has 0 bridgehead atoms. The fraction of sp³-hybridized carbons (Fsp3) is 0.323. The van der Waals surface area contributed by atoms with E-state index < -0.39 is 9.84 Å².